The molecular formula is C12H18N4O3. The lowest BCUT2D eigenvalue weighted by Gasteiger charge is -2.24. The molecule has 0 aromatic carbocycles. The first kappa shape index (κ1) is 13.5. The topological polar surface area (TPSA) is 110 Å². The highest BCUT2D eigenvalue weighted by atomic mass is 16.4. The number of imidazole rings is 1. The molecule has 104 valence electrons. The molecule has 1 aromatic heterocycles. The lowest BCUT2D eigenvalue weighted by Crippen LogP contribution is -2.52. The van der Waals surface area contributed by atoms with Crippen LogP contribution in [-0.4, -0.2) is 38.6 Å². The van der Waals surface area contributed by atoms with Crippen LogP contribution in [0.3, 0.4) is 0 Å². The number of nitrogens with zero attached hydrogens (tertiary/aromatic N) is 2. The van der Waals surface area contributed by atoms with Crippen LogP contribution in [0.15, 0.2) is 12.5 Å². The molecule has 1 amide bonds. The fourth-order valence-electron chi connectivity index (χ4n) is 2.40. The van der Waals surface area contributed by atoms with E-state index in [4.69, 9.17) is 5.73 Å². The molecule has 1 saturated carbocycles. The number of aromatic nitrogens is 2. The summed E-state index contributed by atoms with van der Waals surface area (Å²) in [6.07, 6.45) is 5.66. The molecule has 1 fully saturated rings. The van der Waals surface area contributed by atoms with Crippen molar-refractivity contribution in [1.82, 2.24) is 14.9 Å². The number of carboxylic acid groups (broad SMARTS) is 1. The summed E-state index contributed by atoms with van der Waals surface area (Å²) < 4.78 is 1.71. The van der Waals surface area contributed by atoms with E-state index >= 15 is 0 Å². The molecule has 0 spiro atoms. The van der Waals surface area contributed by atoms with Crippen molar-refractivity contribution < 1.29 is 14.7 Å². The Kier molecular flexibility index (Phi) is 3.84. The van der Waals surface area contributed by atoms with Crippen molar-refractivity contribution in [3.8, 4) is 0 Å². The van der Waals surface area contributed by atoms with Gasteiger partial charge in [-0.1, -0.05) is 12.8 Å². The summed E-state index contributed by atoms with van der Waals surface area (Å²) in [5.41, 5.74) is 4.50. The molecule has 0 aliphatic heterocycles. The Morgan fingerprint density at radius 2 is 2.16 bits per heavy atom. The van der Waals surface area contributed by atoms with Gasteiger partial charge in [0.1, 0.15) is 11.2 Å². The molecule has 0 unspecified atom stereocenters. The predicted molar refractivity (Wildman–Crippen MR) is 67.6 cm³/mol. The maximum absolute atomic E-state index is 12.0. The highest BCUT2D eigenvalue weighted by Crippen LogP contribution is 2.30. The van der Waals surface area contributed by atoms with E-state index in [1.807, 2.05) is 0 Å². The van der Waals surface area contributed by atoms with Gasteiger partial charge >= 0.3 is 5.97 Å². The molecule has 4 N–H and O–H groups in total. The van der Waals surface area contributed by atoms with E-state index in [0.29, 0.717) is 25.9 Å². The number of nitrogens with one attached hydrogen (secondary N) is 1. The van der Waals surface area contributed by atoms with Gasteiger partial charge in [-0.15, -0.1) is 0 Å². The summed E-state index contributed by atoms with van der Waals surface area (Å²) in [6.45, 7) is 1.03. The summed E-state index contributed by atoms with van der Waals surface area (Å²) in [4.78, 5) is 27.4. The number of hydrogen-bond acceptors (Lipinski definition) is 4. The van der Waals surface area contributed by atoms with Crippen LogP contribution in [-0.2, 0) is 11.3 Å². The van der Waals surface area contributed by atoms with E-state index < -0.39 is 17.4 Å². The van der Waals surface area contributed by atoms with Gasteiger partial charge in [-0.05, 0) is 12.8 Å². The zero-order valence-electron chi connectivity index (χ0n) is 10.6. The molecule has 0 atom stereocenters. The van der Waals surface area contributed by atoms with Gasteiger partial charge in [0, 0.05) is 19.3 Å². The third kappa shape index (κ3) is 2.76. The predicted octanol–water partition coefficient (Wildman–Crippen LogP) is -0.0310. The number of carbonyl (C=O) groups excluding carboxylic acids is 1. The highest BCUT2D eigenvalue weighted by Gasteiger charge is 2.42. The molecule has 19 heavy (non-hydrogen) atoms. The SMILES string of the molecule is NCCn1cnc(C(=O)NC2(C(=O)O)CCCC2)c1. The first-order valence-corrected chi connectivity index (χ1v) is 6.35. The number of nitrogens with two attached hydrogens (primary N) is 1. The molecule has 2 rings (SSSR count). The van der Waals surface area contributed by atoms with Crippen LogP contribution in [0.25, 0.3) is 0 Å². The number of hydrogen-bond donors (Lipinski definition) is 3. The Balaban J connectivity index is 2.08. The second kappa shape index (κ2) is 5.40. The minimum Gasteiger partial charge on any atom is -0.480 e. The van der Waals surface area contributed by atoms with E-state index in [1.54, 1.807) is 10.8 Å². The molecule has 0 radical (unpaired) electrons. The van der Waals surface area contributed by atoms with Gasteiger partial charge in [-0.25, -0.2) is 9.78 Å². The third-order valence-corrected chi connectivity index (χ3v) is 3.47. The molecule has 1 heterocycles. The smallest absolute Gasteiger partial charge is 0.329 e. The maximum atomic E-state index is 12.0. The van der Waals surface area contributed by atoms with Crippen molar-refractivity contribution in [3.63, 3.8) is 0 Å². The van der Waals surface area contributed by atoms with E-state index in [0.717, 1.165) is 12.8 Å². The summed E-state index contributed by atoms with van der Waals surface area (Å²) in [5.74, 6) is -1.42. The number of carbonyl (C=O) groups is 2. The van der Waals surface area contributed by atoms with E-state index in [9.17, 15) is 14.7 Å². The zero-order chi connectivity index (χ0) is 13.9. The minimum atomic E-state index is -1.13. The summed E-state index contributed by atoms with van der Waals surface area (Å²) in [5, 5.41) is 11.9. The Hall–Kier alpha value is -1.89. The Labute approximate surface area is 110 Å². The summed E-state index contributed by atoms with van der Waals surface area (Å²) in [7, 11) is 0. The van der Waals surface area contributed by atoms with Crippen LogP contribution in [0.2, 0.25) is 0 Å². The normalized spacial score (nSPS) is 17.3. The Morgan fingerprint density at radius 3 is 2.74 bits per heavy atom. The number of carboxylic acids is 1. The lowest BCUT2D eigenvalue weighted by molar-refractivity contribution is -0.144. The van der Waals surface area contributed by atoms with Crippen LogP contribution in [0.5, 0.6) is 0 Å². The van der Waals surface area contributed by atoms with Crippen molar-refractivity contribution in [1.29, 1.82) is 0 Å². The van der Waals surface area contributed by atoms with Gasteiger partial charge < -0.3 is 20.7 Å². The molecule has 1 aliphatic rings. The number of aliphatic carboxylic acids is 1. The number of amides is 1. The molecule has 7 nitrogen and oxygen atoms in total. The van der Waals surface area contributed by atoms with Crippen LogP contribution in [0, 0.1) is 0 Å². The molecular weight excluding hydrogens is 248 g/mol. The third-order valence-electron chi connectivity index (χ3n) is 3.47. The average Bonchev–Trinajstić information content (AvgIpc) is 2.99. The fraction of sp³-hybridized carbons (Fsp3) is 0.583. The van der Waals surface area contributed by atoms with Crippen molar-refractivity contribution >= 4 is 11.9 Å². The van der Waals surface area contributed by atoms with Crippen LogP contribution in [0.4, 0.5) is 0 Å². The van der Waals surface area contributed by atoms with Gasteiger partial charge in [0.2, 0.25) is 0 Å². The van der Waals surface area contributed by atoms with Crippen LogP contribution < -0.4 is 11.1 Å². The van der Waals surface area contributed by atoms with Crippen molar-refractivity contribution in [2.45, 2.75) is 37.8 Å². The average molecular weight is 266 g/mol. The maximum Gasteiger partial charge on any atom is 0.329 e. The quantitative estimate of drug-likeness (QED) is 0.693. The van der Waals surface area contributed by atoms with Crippen LogP contribution in [0.1, 0.15) is 36.2 Å². The van der Waals surface area contributed by atoms with Gasteiger partial charge in [-0.2, -0.15) is 0 Å². The molecule has 0 saturated heterocycles. The highest BCUT2D eigenvalue weighted by molar-refractivity contribution is 5.96. The van der Waals surface area contributed by atoms with Gasteiger partial charge in [0.05, 0.1) is 6.33 Å². The second-order valence-corrected chi connectivity index (χ2v) is 4.83. The van der Waals surface area contributed by atoms with Crippen molar-refractivity contribution in [3.05, 3.63) is 18.2 Å². The van der Waals surface area contributed by atoms with E-state index in [2.05, 4.69) is 10.3 Å². The lowest BCUT2D eigenvalue weighted by atomic mass is 9.98. The first-order valence-electron chi connectivity index (χ1n) is 6.35. The van der Waals surface area contributed by atoms with Gasteiger partial charge in [0.25, 0.3) is 5.91 Å². The van der Waals surface area contributed by atoms with Gasteiger partial charge in [0.15, 0.2) is 0 Å². The Bertz CT molecular complexity index is 477. The van der Waals surface area contributed by atoms with Gasteiger partial charge in [-0.3, -0.25) is 4.79 Å². The van der Waals surface area contributed by atoms with Crippen molar-refractivity contribution in [2.24, 2.45) is 5.73 Å². The molecule has 1 aliphatic carbocycles. The largest absolute Gasteiger partial charge is 0.480 e. The molecule has 7 heteroatoms. The van der Waals surface area contributed by atoms with Crippen molar-refractivity contribution in [2.75, 3.05) is 6.54 Å². The van der Waals surface area contributed by atoms with E-state index in [-0.39, 0.29) is 5.69 Å². The zero-order valence-corrected chi connectivity index (χ0v) is 10.6. The standard InChI is InChI=1S/C12H18N4O3/c13-5-6-16-7-9(14-8-16)10(17)15-12(11(18)19)3-1-2-4-12/h7-8H,1-6,13H2,(H,15,17)(H,18,19). The summed E-state index contributed by atoms with van der Waals surface area (Å²) in [6, 6.07) is 0. The van der Waals surface area contributed by atoms with Crippen LogP contribution >= 0.6 is 0 Å². The molecule has 1 aromatic rings. The summed E-state index contributed by atoms with van der Waals surface area (Å²) >= 11 is 0. The minimum absolute atomic E-state index is 0.223. The Morgan fingerprint density at radius 1 is 1.47 bits per heavy atom. The number of rotatable bonds is 5. The fourth-order valence-corrected chi connectivity index (χ4v) is 2.40. The second-order valence-electron chi connectivity index (χ2n) is 4.83. The monoisotopic (exact) mass is 266 g/mol. The first-order chi connectivity index (χ1) is 9.07. The molecule has 0 bridgehead atoms. The van der Waals surface area contributed by atoms with E-state index in [1.165, 1.54) is 6.33 Å².